The van der Waals surface area contributed by atoms with Gasteiger partial charge in [0.2, 0.25) is 0 Å². The minimum Gasteiger partial charge on any atom is -0.490 e. The van der Waals surface area contributed by atoms with Gasteiger partial charge in [0.05, 0.1) is 25.9 Å². The third-order valence-corrected chi connectivity index (χ3v) is 2.88. The molecule has 0 radical (unpaired) electrons. The highest BCUT2D eigenvalue weighted by Gasteiger charge is 2.33. The topological polar surface area (TPSA) is 67.2 Å². The Labute approximate surface area is 94.4 Å². The van der Waals surface area contributed by atoms with Crippen molar-refractivity contribution < 1.29 is 9.47 Å². The maximum atomic E-state index is 8.26. The zero-order valence-electron chi connectivity index (χ0n) is 8.92. The van der Waals surface area contributed by atoms with Crippen LogP contribution in [0.25, 0.3) is 10.4 Å². The van der Waals surface area contributed by atoms with Gasteiger partial charge in [0, 0.05) is 11.3 Å². The van der Waals surface area contributed by atoms with Gasteiger partial charge in [-0.25, -0.2) is 0 Å². The second-order valence-corrected chi connectivity index (χ2v) is 4.13. The molecule has 0 bridgehead atoms. The van der Waals surface area contributed by atoms with Gasteiger partial charge >= 0.3 is 0 Å². The zero-order valence-corrected chi connectivity index (χ0v) is 9.74. The van der Waals surface area contributed by atoms with Crippen molar-refractivity contribution in [1.29, 1.82) is 0 Å². The Bertz CT molecular complexity index is 279. The number of nitrogens with zero attached hydrogens (tertiary/aromatic N) is 3. The molecule has 15 heavy (non-hydrogen) atoms. The van der Waals surface area contributed by atoms with E-state index in [9.17, 15) is 0 Å². The SMILES string of the molecule is COC(=S)CC1CC(C)O[C@@H]1CN=[N+]=[N-]. The van der Waals surface area contributed by atoms with E-state index in [0.717, 1.165) is 6.42 Å². The van der Waals surface area contributed by atoms with Gasteiger partial charge in [-0.1, -0.05) is 5.11 Å². The van der Waals surface area contributed by atoms with Crippen molar-refractivity contribution in [3.8, 4) is 0 Å². The average molecular weight is 229 g/mol. The lowest BCUT2D eigenvalue weighted by molar-refractivity contribution is 0.0500. The van der Waals surface area contributed by atoms with Crippen molar-refractivity contribution in [1.82, 2.24) is 0 Å². The van der Waals surface area contributed by atoms with Crippen LogP contribution in [0.3, 0.4) is 0 Å². The summed E-state index contributed by atoms with van der Waals surface area (Å²) >= 11 is 5.01. The summed E-state index contributed by atoms with van der Waals surface area (Å²) in [6.07, 6.45) is 1.81. The minimum absolute atomic E-state index is 0.0241. The summed E-state index contributed by atoms with van der Waals surface area (Å²) in [5, 5.41) is 4.13. The summed E-state index contributed by atoms with van der Waals surface area (Å²) in [7, 11) is 1.57. The Morgan fingerprint density at radius 1 is 1.73 bits per heavy atom. The van der Waals surface area contributed by atoms with Crippen molar-refractivity contribution in [3.63, 3.8) is 0 Å². The van der Waals surface area contributed by atoms with Gasteiger partial charge in [-0.2, -0.15) is 0 Å². The largest absolute Gasteiger partial charge is 0.490 e. The fourth-order valence-electron chi connectivity index (χ4n) is 1.86. The molecule has 0 saturated carbocycles. The molecule has 0 aliphatic carbocycles. The molecule has 6 heteroatoms. The van der Waals surface area contributed by atoms with E-state index in [1.54, 1.807) is 7.11 Å². The predicted octanol–water partition coefficient (Wildman–Crippen LogP) is 2.45. The first-order valence-corrected chi connectivity index (χ1v) is 5.31. The zero-order chi connectivity index (χ0) is 11.3. The van der Waals surface area contributed by atoms with E-state index in [0.29, 0.717) is 23.9 Å². The van der Waals surface area contributed by atoms with Crippen LogP contribution in [0.2, 0.25) is 0 Å². The first-order chi connectivity index (χ1) is 7.17. The van der Waals surface area contributed by atoms with E-state index in [1.807, 2.05) is 6.92 Å². The van der Waals surface area contributed by atoms with E-state index in [4.69, 9.17) is 27.2 Å². The lowest BCUT2D eigenvalue weighted by Gasteiger charge is -2.15. The summed E-state index contributed by atoms with van der Waals surface area (Å²) in [5.41, 5.74) is 8.26. The second kappa shape index (κ2) is 5.90. The number of hydrogen-bond donors (Lipinski definition) is 0. The van der Waals surface area contributed by atoms with E-state index in [2.05, 4.69) is 10.0 Å². The molecule has 1 heterocycles. The molecule has 2 unspecified atom stereocenters. The molecular weight excluding hydrogens is 214 g/mol. The van der Waals surface area contributed by atoms with Gasteiger partial charge < -0.3 is 9.47 Å². The highest BCUT2D eigenvalue weighted by atomic mass is 32.1. The molecule has 0 aromatic rings. The van der Waals surface area contributed by atoms with E-state index < -0.39 is 0 Å². The van der Waals surface area contributed by atoms with Crippen LogP contribution in [0.15, 0.2) is 5.11 Å². The molecule has 1 aliphatic heterocycles. The van der Waals surface area contributed by atoms with E-state index in [1.165, 1.54) is 0 Å². The van der Waals surface area contributed by atoms with Crippen LogP contribution >= 0.6 is 12.2 Å². The van der Waals surface area contributed by atoms with Crippen LogP contribution in [0, 0.1) is 5.92 Å². The van der Waals surface area contributed by atoms with Crippen LogP contribution < -0.4 is 0 Å². The predicted molar refractivity (Wildman–Crippen MR) is 60.7 cm³/mol. The average Bonchev–Trinajstić information content (AvgIpc) is 2.55. The summed E-state index contributed by atoms with van der Waals surface area (Å²) in [6.45, 7) is 2.39. The van der Waals surface area contributed by atoms with Gasteiger partial charge in [0.15, 0.2) is 5.05 Å². The highest BCUT2D eigenvalue weighted by Crippen LogP contribution is 2.29. The van der Waals surface area contributed by atoms with Gasteiger partial charge in [-0.3, -0.25) is 0 Å². The maximum absolute atomic E-state index is 8.26. The molecule has 3 atom stereocenters. The van der Waals surface area contributed by atoms with Crippen molar-refractivity contribution in [2.75, 3.05) is 13.7 Å². The fraction of sp³-hybridized carbons (Fsp3) is 0.889. The minimum atomic E-state index is -0.0241. The molecule has 1 rings (SSSR count). The van der Waals surface area contributed by atoms with Crippen molar-refractivity contribution in [2.45, 2.75) is 32.0 Å². The van der Waals surface area contributed by atoms with Crippen LogP contribution in [0.1, 0.15) is 19.8 Å². The lowest BCUT2D eigenvalue weighted by atomic mass is 9.96. The number of thiocarbonyl (C=S) groups is 1. The molecule has 1 saturated heterocycles. The van der Waals surface area contributed by atoms with E-state index in [-0.39, 0.29) is 12.2 Å². The number of hydrogen-bond acceptors (Lipinski definition) is 4. The summed E-state index contributed by atoms with van der Waals surface area (Å²) in [5.74, 6) is 0.304. The van der Waals surface area contributed by atoms with Gasteiger partial charge in [0.25, 0.3) is 0 Å². The molecule has 0 aromatic carbocycles. The molecule has 0 N–H and O–H groups in total. The van der Waals surface area contributed by atoms with Gasteiger partial charge in [-0.05, 0) is 37.0 Å². The first kappa shape index (κ1) is 12.2. The third kappa shape index (κ3) is 3.66. The van der Waals surface area contributed by atoms with Gasteiger partial charge in [0.1, 0.15) is 0 Å². The summed E-state index contributed by atoms with van der Waals surface area (Å²) in [4.78, 5) is 2.74. The quantitative estimate of drug-likeness (QED) is 0.322. The van der Waals surface area contributed by atoms with Crippen molar-refractivity contribution >= 4 is 17.3 Å². The molecule has 1 aliphatic rings. The summed E-state index contributed by atoms with van der Waals surface area (Å²) in [6, 6.07) is 0. The second-order valence-electron chi connectivity index (χ2n) is 3.67. The third-order valence-electron chi connectivity index (χ3n) is 2.55. The smallest absolute Gasteiger partial charge is 0.159 e. The lowest BCUT2D eigenvalue weighted by Crippen LogP contribution is -2.22. The Morgan fingerprint density at radius 3 is 3.07 bits per heavy atom. The number of ether oxygens (including phenoxy) is 2. The van der Waals surface area contributed by atoms with Crippen molar-refractivity contribution in [2.24, 2.45) is 11.0 Å². The number of methoxy groups -OCH3 is 1. The Morgan fingerprint density at radius 2 is 2.47 bits per heavy atom. The normalized spacial score (nSPS) is 29.6. The standard InChI is InChI=1S/C9H15N3O2S/c1-6-3-7(4-9(15)13-2)8(14-6)5-11-12-10/h6-8H,3-5H2,1-2H3/t6?,7?,8-/m1/s1. The Balaban J connectivity index is 2.52. The first-order valence-electron chi connectivity index (χ1n) is 4.90. The molecule has 1 fully saturated rings. The van der Waals surface area contributed by atoms with Crippen LogP contribution in [-0.2, 0) is 9.47 Å². The monoisotopic (exact) mass is 229 g/mol. The van der Waals surface area contributed by atoms with Crippen LogP contribution in [0.4, 0.5) is 0 Å². The molecular formula is C9H15N3O2S. The summed E-state index contributed by atoms with van der Waals surface area (Å²) < 4.78 is 10.6. The fourth-order valence-corrected chi connectivity index (χ4v) is 2.08. The van der Waals surface area contributed by atoms with Crippen LogP contribution in [0.5, 0.6) is 0 Å². The maximum Gasteiger partial charge on any atom is 0.159 e. The Hall–Kier alpha value is -0.840. The number of rotatable bonds is 4. The van der Waals surface area contributed by atoms with E-state index >= 15 is 0 Å². The van der Waals surface area contributed by atoms with Crippen molar-refractivity contribution in [3.05, 3.63) is 10.4 Å². The number of azide groups is 1. The molecule has 0 aromatic heterocycles. The molecule has 5 nitrogen and oxygen atoms in total. The molecule has 0 spiro atoms. The Kier molecular flexibility index (Phi) is 4.81. The van der Waals surface area contributed by atoms with Crippen LogP contribution in [-0.4, -0.2) is 30.9 Å². The molecule has 0 amide bonds. The molecule has 84 valence electrons. The van der Waals surface area contributed by atoms with Gasteiger partial charge in [-0.15, -0.1) is 0 Å². The highest BCUT2D eigenvalue weighted by molar-refractivity contribution is 7.80.